The second kappa shape index (κ2) is 13.0. The van der Waals surface area contributed by atoms with Gasteiger partial charge < -0.3 is 25.0 Å². The summed E-state index contributed by atoms with van der Waals surface area (Å²) in [5.74, 6) is -0.00231. The largest absolute Gasteiger partial charge is 0.488 e. The Hall–Kier alpha value is -4.09. The number of sulfonamides is 1. The number of aliphatic hydroxyl groups excluding tert-OH is 1. The second-order valence-electron chi connectivity index (χ2n) is 10.3. The van der Waals surface area contributed by atoms with E-state index in [1.54, 1.807) is 67.4 Å². The van der Waals surface area contributed by atoms with Gasteiger partial charge in [0, 0.05) is 36.4 Å². The molecule has 10 nitrogen and oxygen atoms in total. The molecule has 1 heterocycles. The van der Waals surface area contributed by atoms with Crippen LogP contribution in [0, 0.1) is 5.92 Å². The molecule has 0 saturated carbocycles. The average Bonchev–Trinajstić information content (AvgIpc) is 3.01. The van der Waals surface area contributed by atoms with Crippen LogP contribution in [0.25, 0.3) is 0 Å². The maximum atomic E-state index is 13.4. The third-order valence-electron chi connectivity index (χ3n) is 7.05. The Bertz CT molecular complexity index is 1450. The Labute approximate surface area is 241 Å². The number of hydrogen-bond acceptors (Lipinski definition) is 6. The lowest BCUT2D eigenvalue weighted by Crippen LogP contribution is -2.48. The van der Waals surface area contributed by atoms with E-state index in [2.05, 4.69) is 10.0 Å². The average molecular weight is 581 g/mol. The lowest BCUT2D eigenvalue weighted by atomic mass is 10.0. The zero-order valence-corrected chi connectivity index (χ0v) is 24.2. The maximum absolute atomic E-state index is 13.4. The molecular formula is C30H36N4O6S. The molecule has 3 atom stereocenters. The van der Waals surface area contributed by atoms with E-state index in [1.807, 2.05) is 25.1 Å². The Morgan fingerprint density at radius 1 is 1.07 bits per heavy atom. The number of anilines is 2. The summed E-state index contributed by atoms with van der Waals surface area (Å²) in [5, 5.41) is 12.7. The van der Waals surface area contributed by atoms with Gasteiger partial charge in [0.1, 0.15) is 11.9 Å². The Morgan fingerprint density at radius 3 is 2.39 bits per heavy atom. The molecule has 4 rings (SSSR count). The number of nitrogens with zero attached hydrogens (tertiary/aromatic N) is 2. The summed E-state index contributed by atoms with van der Waals surface area (Å²) >= 11 is 0. The number of aliphatic hydroxyl groups is 1. The van der Waals surface area contributed by atoms with Crippen molar-refractivity contribution in [1.82, 2.24) is 9.80 Å². The summed E-state index contributed by atoms with van der Waals surface area (Å²) in [7, 11) is -2.18. The molecular weight excluding hydrogens is 544 g/mol. The standard InChI is InChI=1S/C30H36N4O6S/c1-21-18-34(22(2)20-35)29(36)17-23-16-25(32-41(38,39)26-12-8-5-9-13-26)14-15-27(23)40-28(21)19-33(3)30(37)31-24-10-6-4-7-11-24/h4-16,21-22,28,32,35H,17-20H2,1-3H3,(H,31,37)/t21-,22-,28-/m1/s1. The van der Waals surface area contributed by atoms with E-state index in [9.17, 15) is 23.1 Å². The van der Waals surface area contributed by atoms with Gasteiger partial charge in [-0.15, -0.1) is 0 Å². The molecule has 41 heavy (non-hydrogen) atoms. The highest BCUT2D eigenvalue weighted by Gasteiger charge is 2.32. The predicted octanol–water partition coefficient (Wildman–Crippen LogP) is 3.80. The Kier molecular flexibility index (Phi) is 9.51. The number of rotatable bonds is 8. The number of likely N-dealkylation sites (N-methyl/N-ethyl adjacent to an activating group) is 1. The van der Waals surface area contributed by atoms with Crippen LogP contribution in [0.2, 0.25) is 0 Å². The lowest BCUT2D eigenvalue weighted by molar-refractivity contribution is -0.134. The third-order valence-corrected chi connectivity index (χ3v) is 8.44. The highest BCUT2D eigenvalue weighted by molar-refractivity contribution is 7.92. The highest BCUT2D eigenvalue weighted by Crippen LogP contribution is 2.30. The van der Waals surface area contributed by atoms with Crippen LogP contribution in [0.3, 0.4) is 0 Å². The fourth-order valence-electron chi connectivity index (χ4n) is 4.62. The van der Waals surface area contributed by atoms with Crippen LogP contribution in [0.15, 0.2) is 83.8 Å². The molecule has 0 radical (unpaired) electrons. The zero-order chi connectivity index (χ0) is 29.6. The minimum atomic E-state index is -3.85. The van der Waals surface area contributed by atoms with E-state index in [1.165, 1.54) is 17.0 Å². The van der Waals surface area contributed by atoms with Gasteiger partial charge in [0.2, 0.25) is 5.91 Å². The normalized spacial score (nSPS) is 18.1. The number of urea groups is 1. The van der Waals surface area contributed by atoms with E-state index in [0.29, 0.717) is 23.5 Å². The van der Waals surface area contributed by atoms with E-state index < -0.39 is 22.2 Å². The van der Waals surface area contributed by atoms with Crippen LogP contribution in [0.5, 0.6) is 5.75 Å². The summed E-state index contributed by atoms with van der Waals surface area (Å²) in [6, 6.07) is 21.2. The molecule has 3 N–H and O–H groups in total. The first-order valence-corrected chi connectivity index (χ1v) is 14.9. The molecule has 0 fully saturated rings. The number of benzene rings is 3. The van der Waals surface area contributed by atoms with Crippen molar-refractivity contribution in [1.29, 1.82) is 0 Å². The van der Waals surface area contributed by atoms with Crippen LogP contribution in [-0.4, -0.2) is 74.2 Å². The summed E-state index contributed by atoms with van der Waals surface area (Å²) in [4.78, 5) is 29.6. The first-order valence-electron chi connectivity index (χ1n) is 13.4. The topological polar surface area (TPSA) is 128 Å². The van der Waals surface area contributed by atoms with Crippen molar-refractivity contribution in [2.45, 2.75) is 37.3 Å². The molecule has 0 bridgehead atoms. The molecule has 3 aromatic rings. The van der Waals surface area contributed by atoms with Crippen molar-refractivity contribution in [3.63, 3.8) is 0 Å². The molecule has 1 aliphatic heterocycles. The van der Waals surface area contributed by atoms with Crippen molar-refractivity contribution in [2.75, 3.05) is 36.8 Å². The number of amides is 3. The van der Waals surface area contributed by atoms with E-state index in [-0.39, 0.29) is 48.0 Å². The van der Waals surface area contributed by atoms with Gasteiger partial charge in [0.15, 0.2) is 0 Å². The Morgan fingerprint density at radius 2 is 1.73 bits per heavy atom. The molecule has 11 heteroatoms. The minimum Gasteiger partial charge on any atom is -0.488 e. The van der Waals surface area contributed by atoms with Crippen LogP contribution >= 0.6 is 0 Å². The Balaban J connectivity index is 1.62. The number of carbonyl (C=O) groups excluding carboxylic acids is 2. The van der Waals surface area contributed by atoms with Crippen molar-refractivity contribution in [3.8, 4) is 5.75 Å². The lowest BCUT2D eigenvalue weighted by Gasteiger charge is -2.34. The van der Waals surface area contributed by atoms with Crippen molar-refractivity contribution >= 4 is 33.3 Å². The van der Waals surface area contributed by atoms with Gasteiger partial charge in [-0.25, -0.2) is 13.2 Å². The number of carbonyl (C=O) groups is 2. The van der Waals surface area contributed by atoms with Crippen LogP contribution in [-0.2, 0) is 21.2 Å². The van der Waals surface area contributed by atoms with Crippen molar-refractivity contribution in [2.24, 2.45) is 5.92 Å². The number of para-hydroxylation sites is 1. The molecule has 3 aromatic carbocycles. The number of fused-ring (bicyclic) bond motifs is 1. The molecule has 0 unspecified atom stereocenters. The fraction of sp³-hybridized carbons (Fsp3) is 0.333. The van der Waals surface area contributed by atoms with Crippen LogP contribution < -0.4 is 14.8 Å². The van der Waals surface area contributed by atoms with Crippen LogP contribution in [0.4, 0.5) is 16.2 Å². The molecule has 0 saturated heterocycles. The molecule has 218 valence electrons. The van der Waals surface area contributed by atoms with E-state index >= 15 is 0 Å². The first kappa shape index (κ1) is 29.9. The van der Waals surface area contributed by atoms with Gasteiger partial charge in [-0.05, 0) is 49.4 Å². The predicted molar refractivity (Wildman–Crippen MR) is 157 cm³/mol. The van der Waals surface area contributed by atoms with Gasteiger partial charge in [-0.1, -0.05) is 43.3 Å². The van der Waals surface area contributed by atoms with Gasteiger partial charge in [0.05, 0.1) is 30.5 Å². The van der Waals surface area contributed by atoms with E-state index in [0.717, 1.165) is 0 Å². The molecule has 0 aromatic heterocycles. The SMILES string of the molecule is C[C@@H]1CN([C@H](C)CO)C(=O)Cc2cc(NS(=O)(=O)c3ccccc3)ccc2O[C@@H]1CN(C)C(=O)Nc1ccccc1. The van der Waals surface area contributed by atoms with Crippen molar-refractivity contribution in [3.05, 3.63) is 84.4 Å². The molecule has 3 amide bonds. The van der Waals surface area contributed by atoms with Gasteiger partial charge >= 0.3 is 6.03 Å². The fourth-order valence-corrected chi connectivity index (χ4v) is 5.69. The minimum absolute atomic E-state index is 0.0512. The zero-order valence-electron chi connectivity index (χ0n) is 23.4. The summed E-state index contributed by atoms with van der Waals surface area (Å²) in [6.45, 7) is 4.01. The smallest absolute Gasteiger partial charge is 0.321 e. The molecule has 0 spiro atoms. The van der Waals surface area contributed by atoms with Gasteiger partial charge in [-0.2, -0.15) is 0 Å². The number of nitrogens with one attached hydrogen (secondary N) is 2. The molecule has 0 aliphatic carbocycles. The first-order chi connectivity index (χ1) is 19.6. The summed E-state index contributed by atoms with van der Waals surface area (Å²) < 4.78 is 34.8. The quantitative estimate of drug-likeness (QED) is 0.372. The summed E-state index contributed by atoms with van der Waals surface area (Å²) in [6.07, 6.45) is -0.559. The van der Waals surface area contributed by atoms with Gasteiger partial charge in [0.25, 0.3) is 10.0 Å². The van der Waals surface area contributed by atoms with Gasteiger partial charge in [-0.3, -0.25) is 9.52 Å². The third kappa shape index (κ3) is 7.56. The number of ether oxygens (including phenoxy) is 1. The van der Waals surface area contributed by atoms with E-state index in [4.69, 9.17) is 4.74 Å². The maximum Gasteiger partial charge on any atom is 0.321 e. The second-order valence-corrected chi connectivity index (χ2v) is 12.0. The highest BCUT2D eigenvalue weighted by atomic mass is 32.2. The molecule has 1 aliphatic rings. The monoisotopic (exact) mass is 580 g/mol. The number of hydrogen-bond donors (Lipinski definition) is 3. The van der Waals surface area contributed by atoms with Crippen molar-refractivity contribution < 1.29 is 27.9 Å². The van der Waals surface area contributed by atoms with Crippen LogP contribution in [0.1, 0.15) is 19.4 Å². The summed E-state index contributed by atoms with van der Waals surface area (Å²) in [5.41, 5.74) is 1.44.